The highest BCUT2D eigenvalue weighted by Gasteiger charge is 2.38. The lowest BCUT2D eigenvalue weighted by molar-refractivity contribution is 0.0412. The highest BCUT2D eigenvalue weighted by atomic mass is 28.4. The molecule has 0 aliphatic rings. The van der Waals surface area contributed by atoms with Crippen LogP contribution >= 0.6 is 0 Å². The molecule has 0 aliphatic carbocycles. The summed E-state index contributed by atoms with van der Waals surface area (Å²) in [5, 5.41) is 0. The van der Waals surface area contributed by atoms with Gasteiger partial charge in [-0.25, -0.2) is 0 Å². The van der Waals surface area contributed by atoms with Crippen molar-refractivity contribution >= 4 is 8.80 Å². The molecule has 5 heteroatoms. The summed E-state index contributed by atoms with van der Waals surface area (Å²) in [6, 6.07) is 0.876. The monoisotopic (exact) mass is 235 g/mol. The van der Waals surface area contributed by atoms with E-state index < -0.39 is 8.80 Å². The minimum absolute atomic E-state index is 0.598. The van der Waals surface area contributed by atoms with Gasteiger partial charge in [0.1, 0.15) is 0 Å². The summed E-state index contributed by atoms with van der Waals surface area (Å²) in [4.78, 5) is 2.20. The molecular formula is C10H25NO3Si. The highest BCUT2D eigenvalue weighted by molar-refractivity contribution is 6.60. The van der Waals surface area contributed by atoms with Crippen molar-refractivity contribution in [1.29, 1.82) is 0 Å². The Morgan fingerprint density at radius 1 is 1.00 bits per heavy atom. The van der Waals surface area contributed by atoms with E-state index in [1.165, 1.54) is 0 Å². The van der Waals surface area contributed by atoms with Crippen LogP contribution in [0.25, 0.3) is 0 Å². The molecule has 0 bridgehead atoms. The lowest BCUT2D eigenvalue weighted by Crippen LogP contribution is -2.46. The quantitative estimate of drug-likeness (QED) is 0.451. The second-order valence-corrected chi connectivity index (χ2v) is 6.39. The average Bonchev–Trinajstić information content (AvgIpc) is 2.29. The predicted octanol–water partition coefficient (Wildman–Crippen LogP) is 1.94. The summed E-state index contributed by atoms with van der Waals surface area (Å²) >= 11 is 0. The zero-order valence-electron chi connectivity index (χ0n) is 10.7. The molecule has 0 fully saturated rings. The number of nitrogens with zero attached hydrogens (tertiary/aromatic N) is 1. The topological polar surface area (TPSA) is 30.9 Å². The Balaban J connectivity index is 4.15. The molecule has 0 aromatic heterocycles. The third-order valence-corrected chi connectivity index (χ3v) is 5.46. The van der Waals surface area contributed by atoms with E-state index in [2.05, 4.69) is 25.7 Å². The summed E-state index contributed by atoms with van der Waals surface area (Å²) in [5.41, 5.74) is 0. The number of hydrogen-bond acceptors (Lipinski definition) is 4. The maximum absolute atomic E-state index is 5.83. The van der Waals surface area contributed by atoms with Crippen molar-refractivity contribution in [3.63, 3.8) is 0 Å². The van der Waals surface area contributed by atoms with Crippen LogP contribution in [-0.2, 0) is 13.3 Å². The summed E-state index contributed by atoms with van der Waals surface area (Å²) in [5.74, 6) is 0. The van der Waals surface area contributed by atoms with E-state index in [1.54, 1.807) is 14.2 Å². The van der Waals surface area contributed by atoms with Crippen LogP contribution in [0.2, 0.25) is 6.04 Å². The Kier molecular flexibility index (Phi) is 8.27. The van der Waals surface area contributed by atoms with Crippen molar-refractivity contribution in [3.8, 4) is 0 Å². The van der Waals surface area contributed by atoms with Crippen LogP contribution in [0.3, 0.4) is 0 Å². The van der Waals surface area contributed by atoms with Gasteiger partial charge >= 0.3 is 8.80 Å². The van der Waals surface area contributed by atoms with Gasteiger partial charge in [-0.3, -0.25) is 4.90 Å². The van der Waals surface area contributed by atoms with Gasteiger partial charge < -0.3 is 13.3 Å². The normalized spacial score (nSPS) is 12.4. The molecule has 0 amide bonds. The Bertz CT molecular complexity index is 150. The molecule has 0 radical (unpaired) electrons. The molecule has 0 saturated heterocycles. The molecule has 0 aromatic rings. The van der Waals surface area contributed by atoms with Crippen LogP contribution in [0.1, 0.15) is 27.2 Å². The summed E-state index contributed by atoms with van der Waals surface area (Å²) in [6.07, 6.45) is 1.02. The minimum Gasteiger partial charge on any atom is -0.377 e. The smallest absolute Gasteiger partial charge is 0.377 e. The molecule has 0 heterocycles. The molecule has 0 N–H and O–H groups in total. The molecule has 0 rings (SSSR count). The third kappa shape index (κ3) is 5.08. The van der Waals surface area contributed by atoms with Gasteiger partial charge in [0.2, 0.25) is 0 Å². The first-order valence-corrected chi connectivity index (χ1v) is 7.57. The highest BCUT2D eigenvalue weighted by Crippen LogP contribution is 2.16. The van der Waals surface area contributed by atoms with Crippen molar-refractivity contribution in [1.82, 2.24) is 4.90 Å². The van der Waals surface area contributed by atoms with Gasteiger partial charge in [0.05, 0.1) is 6.73 Å². The molecule has 92 valence electrons. The lowest BCUT2D eigenvalue weighted by Gasteiger charge is -2.29. The first-order valence-electron chi connectivity index (χ1n) is 5.64. The van der Waals surface area contributed by atoms with Crippen LogP contribution in [0.4, 0.5) is 0 Å². The second kappa shape index (κ2) is 8.24. The van der Waals surface area contributed by atoms with Crippen LogP contribution in [-0.4, -0.2) is 47.7 Å². The van der Waals surface area contributed by atoms with Crippen molar-refractivity contribution in [3.05, 3.63) is 0 Å². The fraction of sp³-hybridized carbons (Fsp3) is 1.00. The van der Waals surface area contributed by atoms with E-state index in [9.17, 15) is 0 Å². The van der Waals surface area contributed by atoms with Crippen LogP contribution in [0, 0.1) is 0 Å². The van der Waals surface area contributed by atoms with E-state index in [-0.39, 0.29) is 0 Å². The fourth-order valence-electron chi connectivity index (χ4n) is 1.38. The van der Waals surface area contributed by atoms with E-state index in [0.717, 1.165) is 25.6 Å². The Labute approximate surface area is 94.9 Å². The summed E-state index contributed by atoms with van der Waals surface area (Å²) in [6.45, 7) is 8.92. The van der Waals surface area contributed by atoms with Gasteiger partial charge in [0.25, 0.3) is 0 Å². The average molecular weight is 235 g/mol. The third-order valence-electron chi connectivity index (χ3n) is 2.54. The van der Waals surface area contributed by atoms with Crippen molar-refractivity contribution in [2.24, 2.45) is 0 Å². The Morgan fingerprint density at radius 3 is 1.87 bits per heavy atom. The summed E-state index contributed by atoms with van der Waals surface area (Å²) in [7, 11) is 0.968. The first kappa shape index (κ1) is 15.1. The van der Waals surface area contributed by atoms with Crippen molar-refractivity contribution < 1.29 is 13.3 Å². The van der Waals surface area contributed by atoms with E-state index in [1.807, 2.05) is 0 Å². The van der Waals surface area contributed by atoms with Crippen LogP contribution in [0.5, 0.6) is 0 Å². The summed E-state index contributed by atoms with van der Waals surface area (Å²) < 4.78 is 16.7. The zero-order valence-corrected chi connectivity index (χ0v) is 11.7. The van der Waals surface area contributed by atoms with Crippen molar-refractivity contribution in [2.75, 3.05) is 34.0 Å². The standard InChI is InChI=1S/C10H25NO3Si/c1-6-9-15(12-4,13-5)14-10-11(7-2)8-3/h6-10H2,1-5H3. The molecule has 0 spiro atoms. The maximum Gasteiger partial charge on any atom is 0.501 e. The Hall–Kier alpha value is 0.0569. The molecule has 0 saturated carbocycles. The molecular weight excluding hydrogens is 210 g/mol. The fourth-order valence-corrected chi connectivity index (χ4v) is 3.33. The van der Waals surface area contributed by atoms with Gasteiger partial charge in [-0.15, -0.1) is 0 Å². The minimum atomic E-state index is -2.38. The molecule has 0 unspecified atom stereocenters. The molecule has 4 nitrogen and oxygen atoms in total. The van der Waals surface area contributed by atoms with Gasteiger partial charge in [0.15, 0.2) is 0 Å². The second-order valence-electron chi connectivity index (χ2n) is 3.42. The van der Waals surface area contributed by atoms with E-state index >= 15 is 0 Å². The lowest BCUT2D eigenvalue weighted by atomic mass is 10.6. The molecule has 15 heavy (non-hydrogen) atoms. The van der Waals surface area contributed by atoms with E-state index in [0.29, 0.717) is 6.73 Å². The first-order chi connectivity index (χ1) is 7.17. The van der Waals surface area contributed by atoms with Gasteiger partial charge in [-0.1, -0.05) is 27.2 Å². The largest absolute Gasteiger partial charge is 0.501 e. The van der Waals surface area contributed by atoms with Gasteiger partial charge in [-0.05, 0) is 13.1 Å². The number of rotatable bonds is 9. The van der Waals surface area contributed by atoms with E-state index in [4.69, 9.17) is 13.3 Å². The van der Waals surface area contributed by atoms with Gasteiger partial charge in [-0.2, -0.15) is 0 Å². The van der Waals surface area contributed by atoms with Crippen LogP contribution in [0.15, 0.2) is 0 Å². The van der Waals surface area contributed by atoms with Gasteiger partial charge in [0, 0.05) is 20.3 Å². The van der Waals surface area contributed by atoms with Crippen LogP contribution < -0.4 is 0 Å². The molecule has 0 atom stereocenters. The van der Waals surface area contributed by atoms with Crippen molar-refractivity contribution in [2.45, 2.75) is 33.2 Å². The molecule has 0 aliphatic heterocycles. The zero-order chi connectivity index (χ0) is 11.7. The number of hydrogen-bond donors (Lipinski definition) is 0. The predicted molar refractivity (Wildman–Crippen MR) is 63.7 cm³/mol. The SMILES string of the molecule is CCC[Si](OC)(OC)OCN(CC)CC. The molecule has 0 aromatic carbocycles. The maximum atomic E-state index is 5.83. The Morgan fingerprint density at radius 2 is 1.53 bits per heavy atom.